The summed E-state index contributed by atoms with van der Waals surface area (Å²) in [4.78, 5) is 24.5. The van der Waals surface area contributed by atoms with E-state index in [4.69, 9.17) is 9.47 Å². The Labute approximate surface area is 298 Å². The number of carbonyl (C=O) groups excluding carboxylic acids is 2. The zero-order valence-electron chi connectivity index (χ0n) is 32.0. The van der Waals surface area contributed by atoms with Gasteiger partial charge in [0.25, 0.3) is 0 Å². The van der Waals surface area contributed by atoms with Gasteiger partial charge < -0.3 is 9.47 Å². The number of unbranched alkanes of at least 4 members (excludes halogenated alkanes) is 28. The third kappa shape index (κ3) is 30.2. The Kier molecular flexibility index (Phi) is 32.2. The van der Waals surface area contributed by atoms with Crippen LogP contribution in [0.3, 0.4) is 0 Å². The summed E-state index contributed by atoms with van der Waals surface area (Å²) in [5.74, 6) is -0.241. The van der Waals surface area contributed by atoms with E-state index < -0.39 is 0 Å². The van der Waals surface area contributed by atoms with Gasteiger partial charge >= 0.3 is 11.9 Å². The molecule has 0 saturated carbocycles. The van der Waals surface area contributed by atoms with Crippen molar-refractivity contribution < 1.29 is 19.1 Å². The SMILES string of the molecule is CCCCCCCCCCCCCCCCCC(=O)OCc1cccc(COC(=O)CCCCCCCCCCCCCCCCC)c1. The fraction of sp³-hybridized carbons (Fsp3) is 0.818. The lowest BCUT2D eigenvalue weighted by Gasteiger charge is -2.08. The first-order chi connectivity index (χ1) is 23.7. The lowest BCUT2D eigenvalue weighted by atomic mass is 10.0. The van der Waals surface area contributed by atoms with Gasteiger partial charge in [-0.05, 0) is 30.0 Å². The van der Waals surface area contributed by atoms with Crippen molar-refractivity contribution in [3.63, 3.8) is 0 Å². The van der Waals surface area contributed by atoms with Gasteiger partial charge in [0.1, 0.15) is 13.2 Å². The van der Waals surface area contributed by atoms with Crippen molar-refractivity contribution in [2.45, 2.75) is 233 Å². The summed E-state index contributed by atoms with van der Waals surface area (Å²) >= 11 is 0. The van der Waals surface area contributed by atoms with Crippen LogP contribution in [0.5, 0.6) is 0 Å². The van der Waals surface area contributed by atoms with Crippen LogP contribution in [-0.2, 0) is 32.3 Å². The Bertz CT molecular complexity index is 785. The molecule has 0 heterocycles. The quantitative estimate of drug-likeness (QED) is 0.0526. The number of rotatable bonds is 36. The maximum absolute atomic E-state index is 12.2. The Balaban J connectivity index is 1.94. The molecule has 0 aliphatic heterocycles. The van der Waals surface area contributed by atoms with Crippen molar-refractivity contribution in [3.8, 4) is 0 Å². The molecular formula is C44H78O4. The summed E-state index contributed by atoms with van der Waals surface area (Å²) < 4.78 is 11.0. The minimum absolute atomic E-state index is 0.120. The first kappa shape index (κ1) is 44.2. The highest BCUT2D eigenvalue weighted by atomic mass is 16.5. The van der Waals surface area contributed by atoms with Gasteiger partial charge in [0.15, 0.2) is 0 Å². The molecule has 0 aliphatic rings. The second-order valence-corrected chi connectivity index (χ2v) is 14.5. The molecule has 0 atom stereocenters. The topological polar surface area (TPSA) is 52.6 Å². The monoisotopic (exact) mass is 671 g/mol. The summed E-state index contributed by atoms with van der Waals surface area (Å²) in [6, 6.07) is 7.83. The number of hydrogen-bond acceptors (Lipinski definition) is 4. The Morgan fingerprint density at radius 2 is 0.646 bits per heavy atom. The number of hydrogen-bond donors (Lipinski definition) is 0. The zero-order valence-corrected chi connectivity index (χ0v) is 32.0. The fourth-order valence-corrected chi connectivity index (χ4v) is 6.56. The van der Waals surface area contributed by atoms with Crippen LogP contribution in [0, 0.1) is 0 Å². The predicted octanol–water partition coefficient (Wildman–Crippen LogP) is 14.3. The number of esters is 2. The Morgan fingerprint density at radius 1 is 0.396 bits per heavy atom. The molecule has 4 nitrogen and oxygen atoms in total. The molecule has 0 fully saturated rings. The van der Waals surface area contributed by atoms with Crippen molar-refractivity contribution in [1.82, 2.24) is 0 Å². The highest BCUT2D eigenvalue weighted by Crippen LogP contribution is 2.16. The van der Waals surface area contributed by atoms with Gasteiger partial charge in [-0.2, -0.15) is 0 Å². The van der Waals surface area contributed by atoms with Crippen LogP contribution < -0.4 is 0 Å². The number of ether oxygens (including phenoxy) is 2. The molecule has 1 aromatic rings. The van der Waals surface area contributed by atoms with Crippen LogP contribution >= 0.6 is 0 Å². The molecule has 0 saturated heterocycles. The van der Waals surface area contributed by atoms with Gasteiger partial charge in [0.2, 0.25) is 0 Å². The summed E-state index contributed by atoms with van der Waals surface area (Å²) in [5, 5.41) is 0. The number of benzene rings is 1. The van der Waals surface area contributed by atoms with Crippen LogP contribution in [-0.4, -0.2) is 11.9 Å². The van der Waals surface area contributed by atoms with E-state index in [1.807, 2.05) is 24.3 Å². The summed E-state index contributed by atoms with van der Waals surface area (Å²) in [6.07, 6.45) is 40.6. The van der Waals surface area contributed by atoms with Crippen molar-refractivity contribution in [2.24, 2.45) is 0 Å². The molecule has 0 aromatic heterocycles. The van der Waals surface area contributed by atoms with E-state index in [0.717, 1.165) is 36.8 Å². The normalized spacial score (nSPS) is 11.2. The standard InChI is InChI=1S/C44H78O4/c1-3-5-7-9-11-13-15-17-19-21-23-25-27-29-31-36-43(45)47-39-41-34-33-35-42(38-41)40-48-44(46)37-32-30-28-26-24-22-20-18-16-14-12-10-8-6-4-2/h33-35,38H,3-32,36-37,39-40H2,1-2H3. The van der Waals surface area contributed by atoms with E-state index in [1.54, 1.807) is 0 Å². The van der Waals surface area contributed by atoms with Crippen LogP contribution in [0.15, 0.2) is 24.3 Å². The zero-order chi connectivity index (χ0) is 34.6. The van der Waals surface area contributed by atoms with Crippen molar-refractivity contribution in [1.29, 1.82) is 0 Å². The van der Waals surface area contributed by atoms with E-state index in [2.05, 4.69) is 13.8 Å². The van der Waals surface area contributed by atoms with Gasteiger partial charge in [-0.3, -0.25) is 9.59 Å². The van der Waals surface area contributed by atoms with E-state index >= 15 is 0 Å². The largest absolute Gasteiger partial charge is 0.461 e. The molecular weight excluding hydrogens is 592 g/mol. The first-order valence-corrected chi connectivity index (χ1v) is 21.0. The Morgan fingerprint density at radius 3 is 0.917 bits per heavy atom. The number of carbonyl (C=O) groups is 2. The van der Waals surface area contributed by atoms with Crippen LogP contribution in [0.4, 0.5) is 0 Å². The second-order valence-electron chi connectivity index (χ2n) is 14.5. The molecule has 0 radical (unpaired) electrons. The lowest BCUT2D eigenvalue weighted by Crippen LogP contribution is -2.06. The highest BCUT2D eigenvalue weighted by molar-refractivity contribution is 5.69. The molecule has 0 aliphatic carbocycles. The molecule has 4 heteroatoms. The van der Waals surface area contributed by atoms with Crippen LogP contribution in [0.25, 0.3) is 0 Å². The predicted molar refractivity (Wildman–Crippen MR) is 205 cm³/mol. The van der Waals surface area contributed by atoms with Crippen LogP contribution in [0.1, 0.15) is 230 Å². The average molecular weight is 671 g/mol. The second kappa shape index (κ2) is 35.0. The van der Waals surface area contributed by atoms with Crippen LogP contribution in [0.2, 0.25) is 0 Å². The maximum Gasteiger partial charge on any atom is 0.306 e. The van der Waals surface area contributed by atoms with E-state index in [0.29, 0.717) is 12.8 Å². The highest BCUT2D eigenvalue weighted by Gasteiger charge is 2.07. The van der Waals surface area contributed by atoms with Gasteiger partial charge in [0.05, 0.1) is 0 Å². The molecule has 0 unspecified atom stereocenters. The molecule has 0 bridgehead atoms. The van der Waals surface area contributed by atoms with Crippen molar-refractivity contribution >= 4 is 11.9 Å². The van der Waals surface area contributed by atoms with E-state index in [-0.39, 0.29) is 25.2 Å². The van der Waals surface area contributed by atoms with Gasteiger partial charge in [-0.15, -0.1) is 0 Å². The van der Waals surface area contributed by atoms with Gasteiger partial charge in [-0.25, -0.2) is 0 Å². The third-order valence-electron chi connectivity index (χ3n) is 9.76. The lowest BCUT2D eigenvalue weighted by molar-refractivity contribution is -0.145. The Hall–Kier alpha value is -1.84. The smallest absolute Gasteiger partial charge is 0.306 e. The fourth-order valence-electron chi connectivity index (χ4n) is 6.56. The molecule has 1 aromatic carbocycles. The van der Waals surface area contributed by atoms with Gasteiger partial charge in [-0.1, -0.05) is 212 Å². The molecule has 0 amide bonds. The summed E-state index contributed by atoms with van der Waals surface area (Å²) in [7, 11) is 0. The minimum Gasteiger partial charge on any atom is -0.461 e. The first-order valence-electron chi connectivity index (χ1n) is 21.0. The molecule has 0 N–H and O–H groups in total. The summed E-state index contributed by atoms with van der Waals surface area (Å²) in [6.45, 7) is 5.11. The minimum atomic E-state index is -0.120. The van der Waals surface area contributed by atoms with E-state index in [9.17, 15) is 9.59 Å². The molecule has 0 spiro atoms. The van der Waals surface area contributed by atoms with Gasteiger partial charge in [0, 0.05) is 12.8 Å². The third-order valence-corrected chi connectivity index (χ3v) is 9.76. The van der Waals surface area contributed by atoms with E-state index in [1.165, 1.54) is 167 Å². The van der Waals surface area contributed by atoms with Crippen molar-refractivity contribution in [3.05, 3.63) is 35.4 Å². The van der Waals surface area contributed by atoms with Crippen molar-refractivity contribution in [2.75, 3.05) is 0 Å². The molecule has 48 heavy (non-hydrogen) atoms. The molecule has 1 rings (SSSR count). The summed E-state index contributed by atoms with van der Waals surface area (Å²) in [5.41, 5.74) is 1.88. The average Bonchev–Trinajstić information content (AvgIpc) is 3.10. The maximum atomic E-state index is 12.2. The molecule has 278 valence electrons.